The van der Waals surface area contributed by atoms with Gasteiger partial charge in [-0.25, -0.2) is 0 Å². The number of carbonyl (C=O) groups is 1. The van der Waals surface area contributed by atoms with E-state index in [-0.39, 0.29) is 11.2 Å². The predicted molar refractivity (Wildman–Crippen MR) is 96.3 cm³/mol. The number of rotatable bonds is 6. The number of carbonyl (C=O) groups excluding carboxylic acids is 1. The summed E-state index contributed by atoms with van der Waals surface area (Å²) in [6, 6.07) is 11.6. The third-order valence-corrected chi connectivity index (χ3v) is 4.68. The lowest BCUT2D eigenvalue weighted by atomic mass is 10.2. The Hall–Kier alpha value is -2.61. The third-order valence-electron chi connectivity index (χ3n) is 3.60. The molecule has 0 saturated heterocycles. The van der Waals surface area contributed by atoms with Crippen molar-refractivity contribution in [1.29, 1.82) is 0 Å². The fraction of sp³-hybridized carbons (Fsp3) is 0.294. The van der Waals surface area contributed by atoms with Crippen LogP contribution in [-0.2, 0) is 11.3 Å². The van der Waals surface area contributed by atoms with Crippen LogP contribution in [0.25, 0.3) is 11.4 Å². The van der Waals surface area contributed by atoms with Crippen molar-refractivity contribution < 1.29 is 9.32 Å². The lowest BCUT2D eigenvalue weighted by Gasteiger charge is -2.11. The van der Waals surface area contributed by atoms with Crippen LogP contribution in [0.1, 0.15) is 19.6 Å². The smallest absolute Gasteiger partial charge is 0.238 e. The van der Waals surface area contributed by atoms with E-state index in [1.165, 1.54) is 11.8 Å². The summed E-state index contributed by atoms with van der Waals surface area (Å²) < 4.78 is 6.96. The molecule has 0 unspecified atom stereocenters. The Morgan fingerprint density at radius 3 is 2.72 bits per heavy atom. The monoisotopic (exact) mass is 357 g/mol. The molecule has 0 radical (unpaired) electrons. The lowest BCUT2D eigenvalue weighted by Crippen LogP contribution is -2.23. The average molecular weight is 357 g/mol. The maximum absolute atomic E-state index is 12.3. The van der Waals surface area contributed by atoms with Crippen molar-refractivity contribution in [2.75, 3.05) is 5.32 Å². The van der Waals surface area contributed by atoms with Crippen LogP contribution in [0.15, 0.2) is 46.1 Å². The number of hydrogen-bond acceptors (Lipinski definition) is 6. The zero-order chi connectivity index (χ0) is 17.8. The molecule has 130 valence electrons. The maximum atomic E-state index is 12.3. The highest BCUT2D eigenvalue weighted by Gasteiger charge is 2.21. The van der Waals surface area contributed by atoms with Crippen molar-refractivity contribution in [1.82, 2.24) is 19.9 Å². The standard InChI is InChI=1S/C17H19N5O2S/c1-4-22-15(13-8-6-5-7-9-13)19-20-17(22)25-12(3)16(23)18-14-10-11(2)24-21-14/h5-10,12H,4H2,1-3H3,(H,18,21,23)/t12-/m1/s1. The van der Waals surface area contributed by atoms with Crippen molar-refractivity contribution >= 4 is 23.5 Å². The number of amides is 1. The van der Waals surface area contributed by atoms with E-state index >= 15 is 0 Å². The van der Waals surface area contributed by atoms with Gasteiger partial charge in [-0.15, -0.1) is 10.2 Å². The van der Waals surface area contributed by atoms with E-state index in [0.29, 0.717) is 16.7 Å². The van der Waals surface area contributed by atoms with E-state index in [0.717, 1.165) is 17.9 Å². The molecular weight excluding hydrogens is 338 g/mol. The molecular formula is C17H19N5O2S. The van der Waals surface area contributed by atoms with E-state index in [4.69, 9.17) is 4.52 Å². The molecule has 3 rings (SSSR count). The van der Waals surface area contributed by atoms with Gasteiger partial charge in [0.1, 0.15) is 5.76 Å². The summed E-state index contributed by atoms with van der Waals surface area (Å²) in [5.41, 5.74) is 0.999. The second-order valence-corrected chi connectivity index (χ2v) is 6.80. The van der Waals surface area contributed by atoms with Crippen molar-refractivity contribution in [3.63, 3.8) is 0 Å². The topological polar surface area (TPSA) is 85.8 Å². The minimum Gasteiger partial charge on any atom is -0.360 e. The first kappa shape index (κ1) is 17.2. The van der Waals surface area contributed by atoms with Crippen LogP contribution in [0.5, 0.6) is 0 Å². The quantitative estimate of drug-likeness (QED) is 0.681. The Balaban J connectivity index is 1.74. The number of thioether (sulfide) groups is 1. The van der Waals surface area contributed by atoms with Gasteiger partial charge in [0.2, 0.25) is 5.91 Å². The SMILES string of the molecule is CCn1c(S[C@H](C)C(=O)Nc2cc(C)on2)nnc1-c1ccccc1. The molecule has 0 fully saturated rings. The molecule has 0 aliphatic rings. The van der Waals surface area contributed by atoms with Gasteiger partial charge in [0.05, 0.1) is 5.25 Å². The summed E-state index contributed by atoms with van der Waals surface area (Å²) in [7, 11) is 0. The third kappa shape index (κ3) is 3.90. The predicted octanol–water partition coefficient (Wildman–Crippen LogP) is 3.38. The molecule has 2 aromatic heterocycles. The molecule has 1 atom stereocenters. The molecule has 0 saturated carbocycles. The van der Waals surface area contributed by atoms with Crippen molar-refractivity contribution in [3.8, 4) is 11.4 Å². The molecule has 1 N–H and O–H groups in total. The Morgan fingerprint density at radius 1 is 1.32 bits per heavy atom. The highest BCUT2D eigenvalue weighted by atomic mass is 32.2. The van der Waals surface area contributed by atoms with Crippen LogP contribution >= 0.6 is 11.8 Å². The van der Waals surface area contributed by atoms with Crippen LogP contribution in [0.2, 0.25) is 0 Å². The molecule has 2 heterocycles. The van der Waals surface area contributed by atoms with Crippen LogP contribution in [0, 0.1) is 6.92 Å². The number of hydrogen-bond donors (Lipinski definition) is 1. The van der Waals surface area contributed by atoms with Crippen LogP contribution in [0.4, 0.5) is 5.82 Å². The molecule has 1 amide bonds. The fourth-order valence-corrected chi connectivity index (χ4v) is 3.24. The average Bonchev–Trinajstić information content (AvgIpc) is 3.21. The summed E-state index contributed by atoms with van der Waals surface area (Å²) in [5.74, 6) is 1.70. The Morgan fingerprint density at radius 2 is 2.08 bits per heavy atom. The highest BCUT2D eigenvalue weighted by Crippen LogP contribution is 2.27. The largest absolute Gasteiger partial charge is 0.360 e. The first-order valence-corrected chi connectivity index (χ1v) is 8.86. The van der Waals surface area contributed by atoms with Gasteiger partial charge in [0.25, 0.3) is 0 Å². The van der Waals surface area contributed by atoms with Crippen molar-refractivity contribution in [2.24, 2.45) is 0 Å². The second kappa shape index (κ2) is 7.52. The zero-order valence-electron chi connectivity index (χ0n) is 14.3. The Kier molecular flexibility index (Phi) is 5.18. The minimum absolute atomic E-state index is 0.162. The van der Waals surface area contributed by atoms with Gasteiger partial charge >= 0.3 is 0 Å². The van der Waals surface area contributed by atoms with Gasteiger partial charge in [0, 0.05) is 18.2 Å². The summed E-state index contributed by atoms with van der Waals surface area (Å²) in [5, 5.41) is 15.4. The van der Waals surface area contributed by atoms with Crippen LogP contribution in [-0.4, -0.2) is 31.1 Å². The van der Waals surface area contributed by atoms with Gasteiger partial charge in [0.15, 0.2) is 16.8 Å². The number of aryl methyl sites for hydroxylation is 1. The Labute approximate surface area is 149 Å². The van der Waals surface area contributed by atoms with E-state index in [9.17, 15) is 4.79 Å². The van der Waals surface area contributed by atoms with Gasteiger partial charge in [-0.3, -0.25) is 4.79 Å². The number of nitrogens with zero attached hydrogens (tertiary/aromatic N) is 4. The fourth-order valence-electron chi connectivity index (χ4n) is 2.33. The number of nitrogens with one attached hydrogen (secondary N) is 1. The Bertz CT molecular complexity index is 859. The van der Waals surface area contributed by atoms with Gasteiger partial charge in [-0.05, 0) is 20.8 Å². The first-order valence-electron chi connectivity index (χ1n) is 7.98. The number of anilines is 1. The van der Waals surface area contributed by atoms with Crippen molar-refractivity contribution in [3.05, 3.63) is 42.2 Å². The first-order chi connectivity index (χ1) is 12.1. The van der Waals surface area contributed by atoms with Gasteiger partial charge in [-0.1, -0.05) is 47.3 Å². The molecule has 8 heteroatoms. The number of benzene rings is 1. The molecule has 3 aromatic rings. The maximum Gasteiger partial charge on any atom is 0.238 e. The normalized spacial score (nSPS) is 12.1. The molecule has 0 aliphatic carbocycles. The molecule has 0 bridgehead atoms. The minimum atomic E-state index is -0.352. The lowest BCUT2D eigenvalue weighted by molar-refractivity contribution is -0.115. The van der Waals surface area contributed by atoms with Gasteiger partial charge < -0.3 is 14.4 Å². The molecule has 0 aliphatic heterocycles. The molecule has 0 spiro atoms. The zero-order valence-corrected chi connectivity index (χ0v) is 15.1. The van der Waals surface area contributed by atoms with Gasteiger partial charge in [-0.2, -0.15) is 0 Å². The summed E-state index contributed by atoms with van der Waals surface area (Å²) in [6.45, 7) is 6.35. The van der Waals surface area contributed by atoms with E-state index in [1.807, 2.05) is 48.7 Å². The molecule has 1 aromatic carbocycles. The summed E-state index contributed by atoms with van der Waals surface area (Å²) in [4.78, 5) is 12.3. The van der Waals surface area contributed by atoms with Crippen LogP contribution < -0.4 is 5.32 Å². The highest BCUT2D eigenvalue weighted by molar-refractivity contribution is 8.00. The molecule has 25 heavy (non-hydrogen) atoms. The van der Waals surface area contributed by atoms with E-state index in [2.05, 4.69) is 20.7 Å². The van der Waals surface area contributed by atoms with E-state index < -0.39 is 0 Å². The number of aromatic nitrogens is 4. The van der Waals surface area contributed by atoms with Crippen LogP contribution in [0.3, 0.4) is 0 Å². The second-order valence-electron chi connectivity index (χ2n) is 5.49. The molecule has 7 nitrogen and oxygen atoms in total. The summed E-state index contributed by atoms with van der Waals surface area (Å²) >= 11 is 1.36. The summed E-state index contributed by atoms with van der Waals surface area (Å²) in [6.07, 6.45) is 0. The van der Waals surface area contributed by atoms with Crippen molar-refractivity contribution in [2.45, 2.75) is 37.7 Å². The van der Waals surface area contributed by atoms with E-state index in [1.54, 1.807) is 13.0 Å².